The van der Waals surface area contributed by atoms with E-state index in [2.05, 4.69) is 19.8 Å². The number of carboxylic acids is 2. The summed E-state index contributed by atoms with van der Waals surface area (Å²) >= 11 is 0. The third kappa shape index (κ3) is 23.9. The van der Waals surface area contributed by atoms with Gasteiger partial charge in [-0.3, -0.25) is 19.5 Å². The molecular formula is C26H51N2O5P. The molecule has 1 amide bonds. The van der Waals surface area contributed by atoms with Gasteiger partial charge in [-0.2, -0.15) is 0 Å². The number of carbonyl (C=O) groups is 3. The van der Waals surface area contributed by atoms with Crippen molar-refractivity contribution in [3.05, 3.63) is 0 Å². The second-order valence-corrected chi connectivity index (χ2v) is 9.79. The lowest BCUT2D eigenvalue weighted by molar-refractivity contribution is -0.139. The van der Waals surface area contributed by atoms with Gasteiger partial charge >= 0.3 is 11.9 Å². The van der Waals surface area contributed by atoms with Crippen LogP contribution in [-0.4, -0.2) is 40.6 Å². The SMILES string of the molecule is O=C(O)CCCCCCCCCCCCCCCCCCC(=O)NCCCC[C@H](NP)C(=O)O. The first-order valence-electron chi connectivity index (χ1n) is 13.6. The first kappa shape index (κ1) is 32.8. The molecule has 0 spiro atoms. The first-order valence-corrected chi connectivity index (χ1v) is 14.2. The molecule has 0 aromatic carbocycles. The van der Waals surface area contributed by atoms with Gasteiger partial charge in [-0.1, -0.05) is 99.3 Å². The van der Waals surface area contributed by atoms with E-state index >= 15 is 0 Å². The molecule has 1 unspecified atom stereocenters. The number of amides is 1. The number of carbonyl (C=O) groups excluding carboxylic acids is 1. The zero-order chi connectivity index (χ0) is 25.3. The van der Waals surface area contributed by atoms with E-state index in [-0.39, 0.29) is 5.91 Å². The summed E-state index contributed by atoms with van der Waals surface area (Å²) in [7, 11) is 2.24. The molecule has 0 aliphatic carbocycles. The second kappa shape index (κ2) is 24.9. The van der Waals surface area contributed by atoms with Crippen molar-refractivity contribution in [2.24, 2.45) is 0 Å². The van der Waals surface area contributed by atoms with E-state index in [4.69, 9.17) is 10.2 Å². The van der Waals surface area contributed by atoms with Crippen LogP contribution in [0.4, 0.5) is 0 Å². The van der Waals surface area contributed by atoms with E-state index in [9.17, 15) is 14.4 Å². The van der Waals surface area contributed by atoms with Gasteiger partial charge in [0.05, 0.1) is 0 Å². The average Bonchev–Trinajstić information content (AvgIpc) is 2.80. The van der Waals surface area contributed by atoms with Crippen LogP contribution < -0.4 is 10.4 Å². The highest BCUT2D eigenvalue weighted by atomic mass is 31.0. The molecule has 0 bridgehead atoms. The van der Waals surface area contributed by atoms with Gasteiger partial charge in [-0.05, 0) is 32.1 Å². The Morgan fingerprint density at radius 3 is 1.38 bits per heavy atom. The summed E-state index contributed by atoms with van der Waals surface area (Å²) in [5, 5.41) is 23.2. The second-order valence-electron chi connectivity index (χ2n) is 9.45. The van der Waals surface area contributed by atoms with Crippen molar-refractivity contribution in [1.82, 2.24) is 10.4 Å². The number of unbranched alkanes of at least 4 members (excludes halogenated alkanes) is 16. The fraction of sp³-hybridized carbons (Fsp3) is 0.885. The van der Waals surface area contributed by atoms with Crippen LogP contribution in [0.25, 0.3) is 0 Å². The third-order valence-corrected chi connectivity index (χ3v) is 6.69. The summed E-state index contributed by atoms with van der Waals surface area (Å²) in [5.41, 5.74) is 0. The number of nitrogens with one attached hydrogen (secondary N) is 2. The largest absolute Gasteiger partial charge is 0.481 e. The highest BCUT2D eigenvalue weighted by Crippen LogP contribution is 2.14. The predicted molar refractivity (Wildman–Crippen MR) is 142 cm³/mol. The van der Waals surface area contributed by atoms with Crippen LogP contribution >= 0.6 is 9.39 Å². The van der Waals surface area contributed by atoms with Crippen molar-refractivity contribution in [2.45, 2.75) is 141 Å². The van der Waals surface area contributed by atoms with E-state index in [1.54, 1.807) is 0 Å². The molecule has 200 valence electrons. The minimum Gasteiger partial charge on any atom is -0.481 e. The van der Waals surface area contributed by atoms with Gasteiger partial charge in [-0.25, -0.2) is 0 Å². The van der Waals surface area contributed by atoms with E-state index in [1.807, 2.05) is 0 Å². The van der Waals surface area contributed by atoms with Crippen LogP contribution in [0.2, 0.25) is 0 Å². The monoisotopic (exact) mass is 502 g/mol. The normalized spacial score (nSPS) is 11.9. The molecule has 0 heterocycles. The minimum absolute atomic E-state index is 0.108. The Balaban J connectivity index is 3.24. The molecule has 0 radical (unpaired) electrons. The van der Waals surface area contributed by atoms with Gasteiger partial charge in [0.15, 0.2) is 0 Å². The number of rotatable bonds is 26. The van der Waals surface area contributed by atoms with E-state index in [0.717, 1.165) is 38.5 Å². The van der Waals surface area contributed by atoms with Crippen LogP contribution in [0.5, 0.6) is 0 Å². The molecule has 0 aliphatic heterocycles. The fourth-order valence-corrected chi connectivity index (χ4v) is 4.41. The van der Waals surface area contributed by atoms with Gasteiger partial charge in [0, 0.05) is 19.4 Å². The molecule has 0 fully saturated rings. The third-order valence-electron chi connectivity index (χ3n) is 6.29. The number of carboxylic acid groups (broad SMARTS) is 2. The molecule has 0 saturated carbocycles. The number of hydrogen-bond donors (Lipinski definition) is 4. The van der Waals surface area contributed by atoms with Crippen molar-refractivity contribution in [3.63, 3.8) is 0 Å². The Kier molecular flexibility index (Phi) is 24.0. The van der Waals surface area contributed by atoms with Gasteiger partial charge in [0.2, 0.25) is 5.91 Å². The van der Waals surface area contributed by atoms with Crippen molar-refractivity contribution in [2.75, 3.05) is 6.54 Å². The molecule has 2 atom stereocenters. The van der Waals surface area contributed by atoms with Gasteiger partial charge in [0.1, 0.15) is 6.04 Å². The maximum Gasteiger partial charge on any atom is 0.320 e. The van der Waals surface area contributed by atoms with Crippen molar-refractivity contribution < 1.29 is 24.6 Å². The maximum atomic E-state index is 11.8. The molecule has 0 rings (SSSR count). The van der Waals surface area contributed by atoms with Crippen LogP contribution in [-0.2, 0) is 14.4 Å². The van der Waals surface area contributed by atoms with Crippen molar-refractivity contribution in [1.29, 1.82) is 0 Å². The lowest BCUT2D eigenvalue weighted by Crippen LogP contribution is -2.30. The molecule has 0 saturated heterocycles. The zero-order valence-electron chi connectivity index (χ0n) is 21.3. The van der Waals surface area contributed by atoms with Crippen molar-refractivity contribution in [3.8, 4) is 0 Å². The predicted octanol–water partition coefficient (Wildman–Crippen LogP) is 6.21. The van der Waals surface area contributed by atoms with Gasteiger partial charge in [-0.15, -0.1) is 0 Å². The standard InChI is InChI=1S/C26H51N2O5P/c29-24(27-22-18-17-19-23(28-34)26(32)33)20-15-13-11-9-7-5-3-1-2-4-6-8-10-12-14-16-21-25(30)31/h23,28H,1-22,34H2,(H,27,29)(H,30,31)(H,32,33)/t23-/m0/s1. The van der Waals surface area contributed by atoms with E-state index in [0.29, 0.717) is 25.8 Å². The summed E-state index contributed by atoms with van der Waals surface area (Å²) in [6.45, 7) is 0.622. The minimum atomic E-state index is -0.843. The van der Waals surface area contributed by atoms with Gasteiger partial charge in [0.25, 0.3) is 0 Å². The summed E-state index contributed by atoms with van der Waals surface area (Å²) in [6, 6.07) is -0.536. The van der Waals surface area contributed by atoms with E-state index < -0.39 is 18.0 Å². The quantitative estimate of drug-likeness (QED) is 0.0825. The molecule has 8 heteroatoms. The Bertz CT molecular complexity index is 519. The Labute approximate surface area is 209 Å². The Morgan fingerprint density at radius 2 is 1.00 bits per heavy atom. The average molecular weight is 503 g/mol. The van der Waals surface area contributed by atoms with Crippen LogP contribution in [0.15, 0.2) is 0 Å². The summed E-state index contributed by atoms with van der Waals surface area (Å²) in [5.74, 6) is -1.41. The van der Waals surface area contributed by atoms with Crippen molar-refractivity contribution >= 4 is 27.2 Å². The maximum absolute atomic E-state index is 11.8. The molecule has 0 aromatic heterocycles. The topological polar surface area (TPSA) is 116 Å². The zero-order valence-corrected chi connectivity index (χ0v) is 22.5. The highest BCUT2D eigenvalue weighted by molar-refractivity contribution is 7.13. The van der Waals surface area contributed by atoms with Crippen LogP contribution in [0.1, 0.15) is 135 Å². The van der Waals surface area contributed by atoms with E-state index in [1.165, 1.54) is 77.0 Å². The first-order chi connectivity index (χ1) is 16.5. The molecule has 7 nitrogen and oxygen atoms in total. The Hall–Kier alpha value is -1.20. The lowest BCUT2D eigenvalue weighted by atomic mass is 10.0. The molecule has 0 aliphatic rings. The molecule has 4 N–H and O–H groups in total. The lowest BCUT2D eigenvalue weighted by Gasteiger charge is -2.10. The highest BCUT2D eigenvalue weighted by Gasteiger charge is 2.13. The smallest absolute Gasteiger partial charge is 0.320 e. The fourth-order valence-electron chi connectivity index (χ4n) is 4.10. The molecule has 0 aromatic rings. The number of hydrogen-bond acceptors (Lipinski definition) is 4. The summed E-state index contributed by atoms with van der Waals surface area (Å²) in [4.78, 5) is 33.2. The van der Waals surface area contributed by atoms with Crippen LogP contribution in [0.3, 0.4) is 0 Å². The number of aliphatic carboxylic acids is 2. The summed E-state index contributed by atoms with van der Waals surface area (Å²) in [6.07, 6.45) is 22.4. The Morgan fingerprint density at radius 1 is 0.588 bits per heavy atom. The molecule has 34 heavy (non-hydrogen) atoms. The van der Waals surface area contributed by atoms with Crippen LogP contribution in [0, 0.1) is 0 Å². The molecular weight excluding hydrogens is 451 g/mol. The summed E-state index contributed by atoms with van der Waals surface area (Å²) < 4.78 is 0. The van der Waals surface area contributed by atoms with Gasteiger partial charge < -0.3 is 15.5 Å².